The summed E-state index contributed by atoms with van der Waals surface area (Å²) in [5, 5.41) is 6.12. The fraction of sp³-hybridized carbons (Fsp3) is 0. The van der Waals surface area contributed by atoms with Gasteiger partial charge < -0.3 is 10.2 Å². The van der Waals surface area contributed by atoms with Crippen LogP contribution in [0.1, 0.15) is 0 Å². The average Bonchev–Trinajstić information content (AvgIpc) is 3.36. The van der Waals surface area contributed by atoms with Crippen molar-refractivity contribution in [2.24, 2.45) is 0 Å². The van der Waals surface area contributed by atoms with Crippen LogP contribution in [0.5, 0.6) is 0 Å². The Bertz CT molecular complexity index is 1820. The van der Waals surface area contributed by atoms with Gasteiger partial charge in [0.2, 0.25) is 0 Å². The number of para-hydroxylation sites is 3. The van der Waals surface area contributed by atoms with Gasteiger partial charge in [-0.1, -0.05) is 78.9 Å². The Balaban J connectivity index is 1.22. The van der Waals surface area contributed by atoms with Crippen LogP contribution < -0.4 is 10.2 Å². The second kappa shape index (κ2) is 10.1. The number of hydrogen-bond acceptors (Lipinski definition) is 3. The molecule has 0 saturated heterocycles. The third kappa shape index (κ3) is 4.65. The van der Waals surface area contributed by atoms with Crippen LogP contribution in [0.4, 0.5) is 28.4 Å². The topological polar surface area (TPSA) is 15.3 Å². The van der Waals surface area contributed by atoms with Gasteiger partial charge in [-0.15, -0.1) is 11.3 Å². The molecule has 0 aliphatic carbocycles. The van der Waals surface area contributed by atoms with Crippen molar-refractivity contribution in [2.45, 2.75) is 0 Å². The molecule has 0 bridgehead atoms. The summed E-state index contributed by atoms with van der Waals surface area (Å²) in [4.78, 5) is 2.29. The lowest BCUT2D eigenvalue weighted by molar-refractivity contribution is 1.28. The fourth-order valence-corrected chi connectivity index (χ4v) is 6.25. The first-order valence-electron chi connectivity index (χ1n) is 13.1. The normalized spacial score (nSPS) is 11.1. The summed E-state index contributed by atoms with van der Waals surface area (Å²) in [6.07, 6.45) is 0. The molecular weight excluding hydrogens is 492 g/mol. The summed E-state index contributed by atoms with van der Waals surface area (Å²) in [5.74, 6) is 0. The van der Waals surface area contributed by atoms with E-state index in [0.29, 0.717) is 0 Å². The third-order valence-corrected chi connectivity index (χ3v) is 8.15. The predicted molar refractivity (Wildman–Crippen MR) is 169 cm³/mol. The van der Waals surface area contributed by atoms with Crippen molar-refractivity contribution in [2.75, 3.05) is 10.2 Å². The molecule has 7 rings (SSSR count). The van der Waals surface area contributed by atoms with E-state index < -0.39 is 0 Å². The van der Waals surface area contributed by atoms with Gasteiger partial charge in [0.1, 0.15) is 0 Å². The maximum Gasteiger partial charge on any atom is 0.0462 e. The Morgan fingerprint density at radius 3 is 1.67 bits per heavy atom. The highest BCUT2D eigenvalue weighted by molar-refractivity contribution is 7.25. The molecule has 7 aromatic rings. The van der Waals surface area contributed by atoms with E-state index in [2.05, 4.69) is 156 Å². The average molecular weight is 519 g/mol. The summed E-state index contributed by atoms with van der Waals surface area (Å²) >= 11 is 1.85. The van der Waals surface area contributed by atoms with E-state index in [0.717, 1.165) is 28.4 Å². The smallest absolute Gasteiger partial charge is 0.0462 e. The monoisotopic (exact) mass is 518 g/mol. The molecule has 1 aromatic heterocycles. The molecule has 6 aromatic carbocycles. The molecule has 0 aliphatic heterocycles. The molecule has 39 heavy (non-hydrogen) atoms. The first-order valence-corrected chi connectivity index (χ1v) is 13.9. The first-order chi connectivity index (χ1) is 19.3. The summed E-state index contributed by atoms with van der Waals surface area (Å²) < 4.78 is 2.60. The summed E-state index contributed by atoms with van der Waals surface area (Å²) in [6.45, 7) is 0. The van der Waals surface area contributed by atoms with E-state index in [1.165, 1.54) is 31.3 Å². The Morgan fingerprint density at radius 2 is 1.00 bits per heavy atom. The van der Waals surface area contributed by atoms with Crippen LogP contribution in [0.3, 0.4) is 0 Å². The number of nitrogens with zero attached hydrogens (tertiary/aromatic N) is 1. The highest BCUT2D eigenvalue weighted by atomic mass is 32.1. The molecule has 0 atom stereocenters. The lowest BCUT2D eigenvalue weighted by Crippen LogP contribution is -2.09. The van der Waals surface area contributed by atoms with Crippen LogP contribution >= 0.6 is 11.3 Å². The van der Waals surface area contributed by atoms with Gasteiger partial charge in [-0.2, -0.15) is 0 Å². The van der Waals surface area contributed by atoms with Gasteiger partial charge in [0.05, 0.1) is 0 Å². The summed E-state index contributed by atoms with van der Waals surface area (Å²) in [6, 6.07) is 53.7. The van der Waals surface area contributed by atoms with Gasteiger partial charge in [0.15, 0.2) is 0 Å². The summed E-state index contributed by atoms with van der Waals surface area (Å²) in [7, 11) is 0. The Kier molecular flexibility index (Phi) is 6.04. The van der Waals surface area contributed by atoms with Crippen molar-refractivity contribution in [3.8, 4) is 11.1 Å². The van der Waals surface area contributed by atoms with Crippen molar-refractivity contribution in [1.29, 1.82) is 0 Å². The van der Waals surface area contributed by atoms with Gasteiger partial charge in [-0.3, -0.25) is 0 Å². The van der Waals surface area contributed by atoms with E-state index in [9.17, 15) is 0 Å². The Morgan fingerprint density at radius 1 is 0.410 bits per heavy atom. The van der Waals surface area contributed by atoms with Crippen molar-refractivity contribution >= 4 is 59.9 Å². The maximum absolute atomic E-state index is 3.52. The van der Waals surface area contributed by atoms with Gasteiger partial charge in [-0.25, -0.2) is 0 Å². The SMILES string of the molecule is c1ccc(Nc2ccc3c(c2)sc2ccc(-c4ccc(N(c5ccccc5)c5ccccc5)cc4)cc23)cc1. The van der Waals surface area contributed by atoms with Gasteiger partial charge in [0, 0.05) is 48.6 Å². The standard InChI is InChI=1S/C36H26N2S/c1-4-10-28(11-5-1)37-29-19-22-33-34-24-27(18-23-35(34)39-36(33)25-29)26-16-20-32(21-17-26)38(30-12-6-2-7-13-30)31-14-8-3-9-15-31/h1-25,37H. The van der Waals surface area contributed by atoms with E-state index in [-0.39, 0.29) is 0 Å². The molecule has 0 aliphatic rings. The molecule has 0 amide bonds. The van der Waals surface area contributed by atoms with Crippen molar-refractivity contribution in [3.63, 3.8) is 0 Å². The van der Waals surface area contributed by atoms with E-state index in [1.807, 2.05) is 17.4 Å². The molecule has 186 valence electrons. The molecule has 2 nitrogen and oxygen atoms in total. The van der Waals surface area contributed by atoms with E-state index in [1.54, 1.807) is 0 Å². The quantitative estimate of drug-likeness (QED) is 0.235. The van der Waals surface area contributed by atoms with Crippen LogP contribution in [-0.2, 0) is 0 Å². The Labute approximate surface area is 232 Å². The van der Waals surface area contributed by atoms with Gasteiger partial charge in [-0.05, 0) is 83.9 Å². The molecule has 1 heterocycles. The fourth-order valence-electron chi connectivity index (χ4n) is 5.13. The highest BCUT2D eigenvalue weighted by Crippen LogP contribution is 2.39. The summed E-state index contributed by atoms with van der Waals surface area (Å²) in [5.41, 5.74) is 8.07. The lowest BCUT2D eigenvalue weighted by Gasteiger charge is -2.25. The zero-order chi connectivity index (χ0) is 26.0. The number of hydrogen-bond donors (Lipinski definition) is 1. The molecule has 0 unspecified atom stereocenters. The number of fused-ring (bicyclic) bond motifs is 3. The number of benzene rings is 6. The molecule has 0 saturated carbocycles. The minimum Gasteiger partial charge on any atom is -0.355 e. The minimum atomic E-state index is 1.10. The van der Waals surface area contributed by atoms with Gasteiger partial charge in [0.25, 0.3) is 0 Å². The van der Waals surface area contributed by atoms with E-state index >= 15 is 0 Å². The maximum atomic E-state index is 3.52. The molecule has 0 radical (unpaired) electrons. The molecule has 3 heteroatoms. The second-order valence-electron chi connectivity index (χ2n) is 9.57. The zero-order valence-electron chi connectivity index (χ0n) is 21.3. The number of thiophene rings is 1. The molecular formula is C36H26N2S. The molecule has 0 spiro atoms. The molecule has 0 fully saturated rings. The van der Waals surface area contributed by atoms with Gasteiger partial charge >= 0.3 is 0 Å². The number of anilines is 5. The van der Waals surface area contributed by atoms with Crippen LogP contribution in [-0.4, -0.2) is 0 Å². The predicted octanol–water partition coefficient (Wildman–Crippen LogP) is 10.9. The Hall–Kier alpha value is -4.86. The lowest BCUT2D eigenvalue weighted by atomic mass is 10.0. The number of nitrogens with one attached hydrogen (secondary N) is 1. The molecule has 1 N–H and O–H groups in total. The number of rotatable bonds is 6. The van der Waals surface area contributed by atoms with Crippen molar-refractivity contribution in [1.82, 2.24) is 0 Å². The van der Waals surface area contributed by atoms with E-state index in [4.69, 9.17) is 0 Å². The van der Waals surface area contributed by atoms with Crippen molar-refractivity contribution in [3.05, 3.63) is 152 Å². The third-order valence-electron chi connectivity index (χ3n) is 7.02. The largest absolute Gasteiger partial charge is 0.355 e. The van der Waals surface area contributed by atoms with Crippen LogP contribution in [0.25, 0.3) is 31.3 Å². The van der Waals surface area contributed by atoms with Crippen LogP contribution in [0.15, 0.2) is 152 Å². The minimum absolute atomic E-state index is 1.10. The highest BCUT2D eigenvalue weighted by Gasteiger charge is 2.13. The van der Waals surface area contributed by atoms with Crippen molar-refractivity contribution < 1.29 is 0 Å². The zero-order valence-corrected chi connectivity index (χ0v) is 22.1. The second-order valence-corrected chi connectivity index (χ2v) is 10.7. The van der Waals surface area contributed by atoms with Crippen LogP contribution in [0.2, 0.25) is 0 Å². The van der Waals surface area contributed by atoms with Crippen LogP contribution in [0, 0.1) is 0 Å². The first kappa shape index (κ1) is 23.3.